The van der Waals surface area contributed by atoms with Gasteiger partial charge in [0.05, 0.1) is 0 Å². The fraction of sp³-hybridized carbons (Fsp3) is 0.929. The van der Waals surface area contributed by atoms with Crippen molar-refractivity contribution in [2.24, 2.45) is 11.3 Å². The number of hydrogen-bond acceptors (Lipinski definition) is 2. The van der Waals surface area contributed by atoms with Crippen molar-refractivity contribution < 1.29 is 4.79 Å². The summed E-state index contributed by atoms with van der Waals surface area (Å²) in [5, 5.41) is 0. The first-order valence-corrected chi connectivity index (χ1v) is 6.79. The van der Waals surface area contributed by atoms with Gasteiger partial charge in [0.15, 0.2) is 0 Å². The van der Waals surface area contributed by atoms with E-state index in [1.54, 1.807) is 0 Å². The van der Waals surface area contributed by atoms with E-state index in [1.165, 1.54) is 25.7 Å². The Morgan fingerprint density at radius 1 is 1.38 bits per heavy atom. The molecule has 0 radical (unpaired) electrons. The van der Waals surface area contributed by atoms with Gasteiger partial charge in [0.25, 0.3) is 0 Å². The van der Waals surface area contributed by atoms with E-state index in [-0.39, 0.29) is 5.41 Å². The molecule has 0 aromatic heterocycles. The number of likely N-dealkylation sites (tertiary alicyclic amines) is 1. The van der Waals surface area contributed by atoms with Gasteiger partial charge in [-0.3, -0.25) is 4.90 Å². The first kappa shape index (κ1) is 13.7. The fourth-order valence-electron chi connectivity index (χ4n) is 2.89. The maximum atomic E-state index is 11.3. The average molecular weight is 225 g/mol. The van der Waals surface area contributed by atoms with Crippen LogP contribution in [-0.2, 0) is 4.79 Å². The molecule has 0 amide bonds. The highest BCUT2D eigenvalue weighted by Crippen LogP contribution is 2.31. The van der Waals surface area contributed by atoms with Gasteiger partial charge in [0, 0.05) is 18.0 Å². The lowest BCUT2D eigenvalue weighted by Crippen LogP contribution is -2.42. The Labute approximate surface area is 100 Å². The molecule has 1 aliphatic heterocycles. The van der Waals surface area contributed by atoms with Crippen molar-refractivity contribution in [2.75, 3.05) is 13.1 Å². The van der Waals surface area contributed by atoms with E-state index >= 15 is 0 Å². The zero-order valence-electron chi connectivity index (χ0n) is 11.3. The maximum absolute atomic E-state index is 11.3. The van der Waals surface area contributed by atoms with Crippen molar-refractivity contribution in [1.29, 1.82) is 0 Å². The van der Waals surface area contributed by atoms with Crippen molar-refractivity contribution >= 4 is 6.29 Å². The van der Waals surface area contributed by atoms with Crippen molar-refractivity contribution in [3.05, 3.63) is 0 Å². The predicted molar refractivity (Wildman–Crippen MR) is 68.5 cm³/mol. The molecule has 94 valence electrons. The zero-order chi connectivity index (χ0) is 12.2. The van der Waals surface area contributed by atoms with Crippen LogP contribution in [0.5, 0.6) is 0 Å². The van der Waals surface area contributed by atoms with Gasteiger partial charge in [0.1, 0.15) is 6.29 Å². The standard InChI is InChI=1S/C14H27NO/c1-5-14(6-2,11-16)10-15-9-7-8-13(15)12(3)4/h11-13H,5-10H2,1-4H3. The summed E-state index contributed by atoms with van der Waals surface area (Å²) in [5.41, 5.74) is -0.0997. The third-order valence-electron chi connectivity index (χ3n) is 4.36. The van der Waals surface area contributed by atoms with Crippen LogP contribution < -0.4 is 0 Å². The van der Waals surface area contributed by atoms with Crippen LogP contribution in [0, 0.1) is 11.3 Å². The van der Waals surface area contributed by atoms with Gasteiger partial charge >= 0.3 is 0 Å². The second-order valence-electron chi connectivity index (χ2n) is 5.61. The fourth-order valence-corrected chi connectivity index (χ4v) is 2.89. The number of carbonyl (C=O) groups is 1. The molecule has 1 rings (SSSR count). The molecule has 1 atom stereocenters. The summed E-state index contributed by atoms with van der Waals surface area (Å²) >= 11 is 0. The van der Waals surface area contributed by atoms with Gasteiger partial charge in [-0.15, -0.1) is 0 Å². The van der Waals surface area contributed by atoms with E-state index in [4.69, 9.17) is 0 Å². The summed E-state index contributed by atoms with van der Waals surface area (Å²) in [5.74, 6) is 0.709. The molecule has 0 spiro atoms. The molecule has 16 heavy (non-hydrogen) atoms. The number of carbonyl (C=O) groups excluding carboxylic acids is 1. The Morgan fingerprint density at radius 2 is 2.00 bits per heavy atom. The molecular formula is C14H27NO. The van der Waals surface area contributed by atoms with Crippen molar-refractivity contribution in [2.45, 2.75) is 59.4 Å². The maximum Gasteiger partial charge on any atom is 0.127 e. The van der Waals surface area contributed by atoms with Crippen LogP contribution in [0.2, 0.25) is 0 Å². The van der Waals surface area contributed by atoms with Crippen LogP contribution >= 0.6 is 0 Å². The number of nitrogens with zero attached hydrogens (tertiary/aromatic N) is 1. The molecule has 0 aromatic rings. The van der Waals surface area contributed by atoms with E-state index in [1.807, 2.05) is 0 Å². The lowest BCUT2D eigenvalue weighted by molar-refractivity contribution is -0.118. The monoisotopic (exact) mass is 225 g/mol. The minimum Gasteiger partial charge on any atom is -0.303 e. The summed E-state index contributed by atoms with van der Waals surface area (Å²) in [4.78, 5) is 13.9. The van der Waals surface area contributed by atoms with E-state index in [2.05, 4.69) is 32.6 Å². The second kappa shape index (κ2) is 5.81. The van der Waals surface area contributed by atoms with E-state index in [0.29, 0.717) is 12.0 Å². The predicted octanol–water partition coefficient (Wildman–Crippen LogP) is 3.11. The SMILES string of the molecule is CCC(C=O)(CC)CN1CCCC1C(C)C. The van der Waals surface area contributed by atoms with Crippen LogP contribution in [0.4, 0.5) is 0 Å². The van der Waals surface area contributed by atoms with Crippen molar-refractivity contribution in [3.8, 4) is 0 Å². The van der Waals surface area contributed by atoms with E-state index in [9.17, 15) is 4.79 Å². The van der Waals surface area contributed by atoms with Crippen LogP contribution in [0.3, 0.4) is 0 Å². The lowest BCUT2D eigenvalue weighted by Gasteiger charge is -2.35. The van der Waals surface area contributed by atoms with Crippen molar-refractivity contribution in [1.82, 2.24) is 4.90 Å². The van der Waals surface area contributed by atoms with E-state index in [0.717, 1.165) is 19.4 Å². The molecule has 0 aromatic carbocycles. The van der Waals surface area contributed by atoms with Gasteiger partial charge in [0.2, 0.25) is 0 Å². The molecule has 0 saturated carbocycles. The molecule has 0 N–H and O–H groups in total. The summed E-state index contributed by atoms with van der Waals surface area (Å²) in [6, 6.07) is 0.692. The van der Waals surface area contributed by atoms with Gasteiger partial charge in [-0.1, -0.05) is 27.7 Å². The number of hydrogen-bond donors (Lipinski definition) is 0. The summed E-state index contributed by atoms with van der Waals surface area (Å²) in [6.45, 7) is 11.0. The Morgan fingerprint density at radius 3 is 2.44 bits per heavy atom. The zero-order valence-corrected chi connectivity index (χ0v) is 11.3. The van der Waals surface area contributed by atoms with Gasteiger partial charge in [-0.25, -0.2) is 0 Å². The molecule has 1 heterocycles. The highest BCUT2D eigenvalue weighted by molar-refractivity contribution is 5.59. The molecule has 1 saturated heterocycles. The summed E-state index contributed by atoms with van der Waals surface area (Å²) < 4.78 is 0. The molecule has 1 unspecified atom stereocenters. The van der Waals surface area contributed by atoms with Crippen LogP contribution in [-0.4, -0.2) is 30.3 Å². The lowest BCUT2D eigenvalue weighted by atomic mass is 9.83. The Balaban J connectivity index is 2.67. The first-order valence-electron chi connectivity index (χ1n) is 6.79. The van der Waals surface area contributed by atoms with Gasteiger partial charge in [-0.2, -0.15) is 0 Å². The molecule has 2 heteroatoms. The largest absolute Gasteiger partial charge is 0.303 e. The third kappa shape index (κ3) is 2.85. The van der Waals surface area contributed by atoms with Crippen LogP contribution in [0.1, 0.15) is 53.4 Å². The highest BCUT2D eigenvalue weighted by Gasteiger charge is 2.34. The molecule has 2 nitrogen and oxygen atoms in total. The second-order valence-corrected chi connectivity index (χ2v) is 5.61. The minimum absolute atomic E-state index is 0.0997. The van der Waals surface area contributed by atoms with E-state index < -0.39 is 0 Å². The average Bonchev–Trinajstić information content (AvgIpc) is 2.74. The normalized spacial score (nSPS) is 22.9. The van der Waals surface area contributed by atoms with Gasteiger partial charge < -0.3 is 4.79 Å². The van der Waals surface area contributed by atoms with Crippen LogP contribution in [0.15, 0.2) is 0 Å². The Kier molecular flexibility index (Phi) is 4.97. The molecule has 1 aliphatic rings. The Bertz CT molecular complexity index is 221. The molecule has 0 aliphatic carbocycles. The van der Waals surface area contributed by atoms with Crippen LogP contribution in [0.25, 0.3) is 0 Å². The highest BCUT2D eigenvalue weighted by atomic mass is 16.1. The summed E-state index contributed by atoms with van der Waals surface area (Å²) in [6.07, 6.45) is 5.73. The quantitative estimate of drug-likeness (QED) is 0.647. The van der Waals surface area contributed by atoms with Crippen molar-refractivity contribution in [3.63, 3.8) is 0 Å². The third-order valence-corrected chi connectivity index (χ3v) is 4.36. The number of rotatable bonds is 6. The minimum atomic E-state index is -0.0997. The van der Waals surface area contributed by atoms with Gasteiger partial charge in [-0.05, 0) is 38.1 Å². The smallest absolute Gasteiger partial charge is 0.127 e. The number of aldehydes is 1. The molecule has 0 bridgehead atoms. The molecular weight excluding hydrogens is 198 g/mol. The Hall–Kier alpha value is -0.370. The molecule has 1 fully saturated rings. The topological polar surface area (TPSA) is 20.3 Å². The first-order chi connectivity index (χ1) is 7.58. The summed E-state index contributed by atoms with van der Waals surface area (Å²) in [7, 11) is 0.